The molecule has 0 aliphatic heterocycles. The molecule has 0 spiro atoms. The van der Waals surface area contributed by atoms with Crippen LogP contribution in [0.15, 0.2) is 0 Å². The topological polar surface area (TPSA) is 54.0 Å². The average molecular weight is 337 g/mol. The molecule has 0 N–H and O–H groups in total. The van der Waals surface area contributed by atoms with Gasteiger partial charge in [0.05, 0.1) is 5.92 Å². The Morgan fingerprint density at radius 3 is 1.57 bits per heavy atom. The first-order valence-corrected chi connectivity index (χ1v) is 12.0. The van der Waals surface area contributed by atoms with Gasteiger partial charge in [0.25, 0.3) is 14.3 Å². The van der Waals surface area contributed by atoms with Crippen molar-refractivity contribution >= 4 is 23.1 Å². The maximum absolute atomic E-state index is 12.5. The highest BCUT2D eigenvalue weighted by molar-refractivity contribution is 6.76. The summed E-state index contributed by atoms with van der Waals surface area (Å²) in [6.07, 6.45) is 0. The Morgan fingerprint density at radius 1 is 0.905 bits per heavy atom. The van der Waals surface area contributed by atoms with Crippen molar-refractivity contribution in [3.8, 4) is 0 Å². The van der Waals surface area contributed by atoms with Crippen molar-refractivity contribution in [1.29, 1.82) is 0 Å². The molecule has 21 heavy (non-hydrogen) atoms. The van der Waals surface area contributed by atoms with Crippen molar-refractivity contribution in [1.82, 2.24) is 0 Å². The molecule has 0 aromatic carbocycles. The number of carbonyl (C=O) groups is 1. The van der Waals surface area contributed by atoms with Crippen LogP contribution in [-0.2, 0) is 22.5 Å². The van der Waals surface area contributed by atoms with Crippen LogP contribution < -0.4 is 0 Å². The first-order chi connectivity index (χ1) is 9.58. The SMILES string of the molecule is CO[Si](CC(C)C(=O)O[Si](C)(C(C)C)C(C)C)(OC)OC. The molecule has 0 aromatic rings. The Labute approximate surface area is 131 Å². The smallest absolute Gasteiger partial charge is 0.501 e. The maximum atomic E-state index is 12.5. The molecule has 0 amide bonds. The van der Waals surface area contributed by atoms with Gasteiger partial charge in [-0.2, -0.15) is 0 Å². The zero-order chi connectivity index (χ0) is 16.8. The Kier molecular flexibility index (Phi) is 8.34. The molecule has 0 aliphatic carbocycles. The molecule has 0 radical (unpaired) electrons. The summed E-state index contributed by atoms with van der Waals surface area (Å²) in [5, 5.41) is 0. The van der Waals surface area contributed by atoms with Crippen LogP contribution in [0.4, 0.5) is 0 Å². The average Bonchev–Trinajstić information content (AvgIpc) is 2.43. The van der Waals surface area contributed by atoms with Gasteiger partial charge in [0, 0.05) is 27.4 Å². The van der Waals surface area contributed by atoms with Gasteiger partial charge >= 0.3 is 8.80 Å². The Morgan fingerprint density at radius 2 is 1.29 bits per heavy atom. The quantitative estimate of drug-likeness (QED) is 0.604. The molecule has 0 fully saturated rings. The first kappa shape index (κ1) is 20.8. The molecule has 0 rings (SSSR count). The van der Waals surface area contributed by atoms with Gasteiger partial charge in [0.2, 0.25) is 0 Å². The van der Waals surface area contributed by atoms with E-state index in [-0.39, 0.29) is 11.9 Å². The number of carbonyl (C=O) groups excluding carboxylic acids is 1. The molecule has 0 aliphatic rings. The molecular weight excluding hydrogens is 304 g/mol. The first-order valence-electron chi connectivity index (χ1n) is 7.46. The number of rotatable bonds is 9. The van der Waals surface area contributed by atoms with E-state index in [4.69, 9.17) is 17.7 Å². The fourth-order valence-electron chi connectivity index (χ4n) is 2.18. The number of hydrogen-bond acceptors (Lipinski definition) is 5. The minimum atomic E-state index is -2.76. The van der Waals surface area contributed by atoms with E-state index in [9.17, 15) is 4.79 Å². The third-order valence-electron chi connectivity index (χ3n) is 4.50. The van der Waals surface area contributed by atoms with E-state index in [1.54, 1.807) is 21.3 Å². The van der Waals surface area contributed by atoms with E-state index in [1.165, 1.54) is 0 Å². The second-order valence-corrected chi connectivity index (χ2v) is 14.2. The van der Waals surface area contributed by atoms with Gasteiger partial charge in [-0.05, 0) is 17.6 Å². The van der Waals surface area contributed by atoms with Crippen LogP contribution in [0.25, 0.3) is 0 Å². The monoisotopic (exact) mass is 336 g/mol. The highest BCUT2D eigenvalue weighted by atomic mass is 28.4. The van der Waals surface area contributed by atoms with Crippen molar-refractivity contribution in [3.05, 3.63) is 0 Å². The van der Waals surface area contributed by atoms with Crippen LogP contribution in [0.1, 0.15) is 34.6 Å². The lowest BCUT2D eigenvalue weighted by Gasteiger charge is -2.36. The maximum Gasteiger partial charge on any atom is 0.501 e. The van der Waals surface area contributed by atoms with Crippen molar-refractivity contribution < 1.29 is 22.5 Å². The van der Waals surface area contributed by atoms with Crippen molar-refractivity contribution in [2.45, 2.75) is 58.3 Å². The van der Waals surface area contributed by atoms with E-state index < -0.39 is 17.1 Å². The Balaban J connectivity index is 4.94. The minimum absolute atomic E-state index is 0.172. The second kappa shape index (κ2) is 8.43. The lowest BCUT2D eigenvalue weighted by molar-refractivity contribution is -0.139. The highest BCUT2D eigenvalue weighted by Gasteiger charge is 2.45. The molecule has 1 unspecified atom stereocenters. The lowest BCUT2D eigenvalue weighted by atomic mass is 10.2. The van der Waals surface area contributed by atoms with Crippen LogP contribution in [0.3, 0.4) is 0 Å². The summed E-state index contributed by atoms with van der Waals surface area (Å²) >= 11 is 0. The molecule has 5 nitrogen and oxygen atoms in total. The molecule has 0 heterocycles. The van der Waals surface area contributed by atoms with E-state index in [0.717, 1.165) is 0 Å². The second-order valence-electron chi connectivity index (χ2n) is 6.31. The van der Waals surface area contributed by atoms with E-state index in [1.807, 2.05) is 6.92 Å². The summed E-state index contributed by atoms with van der Waals surface area (Å²) in [5.41, 5.74) is 0.755. The largest absolute Gasteiger partial charge is 0.519 e. The van der Waals surface area contributed by atoms with E-state index >= 15 is 0 Å². The molecule has 7 heteroatoms. The molecule has 0 bridgehead atoms. The molecule has 126 valence electrons. The van der Waals surface area contributed by atoms with Crippen LogP contribution in [0, 0.1) is 5.92 Å². The van der Waals surface area contributed by atoms with E-state index in [2.05, 4.69) is 34.2 Å². The summed E-state index contributed by atoms with van der Waals surface area (Å²) in [4.78, 5) is 12.5. The predicted octanol–water partition coefficient (Wildman–Crippen LogP) is 3.44. The zero-order valence-electron chi connectivity index (χ0n) is 15.0. The summed E-state index contributed by atoms with van der Waals surface area (Å²) in [5.74, 6) is -0.476. The fourth-order valence-corrected chi connectivity index (χ4v) is 6.53. The highest BCUT2D eigenvalue weighted by Crippen LogP contribution is 2.34. The lowest BCUT2D eigenvalue weighted by Crippen LogP contribution is -2.48. The van der Waals surface area contributed by atoms with Crippen LogP contribution in [0.5, 0.6) is 0 Å². The third kappa shape index (κ3) is 5.17. The standard InChI is InChI=1S/C14H32O5Si2/c1-11(2)20(9,12(3)4)19-14(15)13(5)10-21(16-6,17-7)18-8/h11-13H,10H2,1-9H3. The molecule has 0 saturated carbocycles. The van der Waals surface area contributed by atoms with Gasteiger partial charge in [-0.1, -0.05) is 34.6 Å². The minimum Gasteiger partial charge on any atom is -0.519 e. The van der Waals surface area contributed by atoms with Gasteiger partial charge in [0.1, 0.15) is 0 Å². The van der Waals surface area contributed by atoms with Crippen LogP contribution in [-0.4, -0.2) is 44.4 Å². The fraction of sp³-hybridized carbons (Fsp3) is 0.929. The van der Waals surface area contributed by atoms with E-state index in [0.29, 0.717) is 17.1 Å². The Bertz CT molecular complexity index is 313. The summed E-state index contributed by atoms with van der Waals surface area (Å²) in [7, 11) is -0.189. The van der Waals surface area contributed by atoms with Gasteiger partial charge in [-0.3, -0.25) is 4.79 Å². The molecule has 0 saturated heterocycles. The molecule has 0 aromatic heterocycles. The Hall–Kier alpha value is -0.216. The van der Waals surface area contributed by atoms with Crippen LogP contribution >= 0.6 is 0 Å². The third-order valence-corrected chi connectivity index (χ3v) is 12.7. The van der Waals surface area contributed by atoms with Crippen LogP contribution in [0.2, 0.25) is 23.7 Å². The van der Waals surface area contributed by atoms with Crippen molar-refractivity contribution in [2.24, 2.45) is 5.92 Å². The molecular formula is C14H32O5Si2. The summed E-state index contributed by atoms with van der Waals surface area (Å²) < 4.78 is 22.1. The van der Waals surface area contributed by atoms with Gasteiger partial charge < -0.3 is 17.7 Å². The van der Waals surface area contributed by atoms with Gasteiger partial charge in [-0.25, -0.2) is 0 Å². The summed E-state index contributed by atoms with van der Waals surface area (Å²) in [6.45, 7) is 12.5. The van der Waals surface area contributed by atoms with Gasteiger partial charge in [-0.15, -0.1) is 0 Å². The normalized spacial score (nSPS) is 14.6. The van der Waals surface area contributed by atoms with Crippen molar-refractivity contribution in [2.75, 3.05) is 21.3 Å². The predicted molar refractivity (Wildman–Crippen MR) is 88.7 cm³/mol. The number of hydrogen-bond donors (Lipinski definition) is 0. The molecule has 1 atom stereocenters. The van der Waals surface area contributed by atoms with Crippen molar-refractivity contribution in [3.63, 3.8) is 0 Å². The van der Waals surface area contributed by atoms with Gasteiger partial charge in [0.15, 0.2) is 0 Å². The zero-order valence-corrected chi connectivity index (χ0v) is 17.0. The summed E-state index contributed by atoms with van der Waals surface area (Å²) in [6, 6.07) is 0.427.